The SMILES string of the molecule is CN(CC#N)C1CCCN(Cc2ccccc2)C1. The van der Waals surface area contributed by atoms with Gasteiger partial charge in [-0.3, -0.25) is 9.80 Å². The van der Waals surface area contributed by atoms with Crippen molar-refractivity contribution in [1.29, 1.82) is 5.26 Å². The molecule has 3 nitrogen and oxygen atoms in total. The molecule has 1 saturated heterocycles. The van der Waals surface area contributed by atoms with E-state index in [9.17, 15) is 0 Å². The molecule has 1 aromatic carbocycles. The van der Waals surface area contributed by atoms with Gasteiger partial charge in [-0.05, 0) is 32.0 Å². The Morgan fingerprint density at radius 2 is 2.17 bits per heavy atom. The molecule has 1 fully saturated rings. The molecule has 3 heteroatoms. The Morgan fingerprint density at radius 1 is 1.39 bits per heavy atom. The third-order valence-electron chi connectivity index (χ3n) is 3.67. The topological polar surface area (TPSA) is 30.3 Å². The second-order valence-electron chi connectivity index (χ2n) is 5.09. The zero-order valence-corrected chi connectivity index (χ0v) is 11.0. The predicted molar refractivity (Wildman–Crippen MR) is 73.0 cm³/mol. The average molecular weight is 243 g/mol. The minimum Gasteiger partial charge on any atom is -0.298 e. The van der Waals surface area contributed by atoms with E-state index >= 15 is 0 Å². The highest BCUT2D eigenvalue weighted by atomic mass is 15.2. The highest BCUT2D eigenvalue weighted by molar-refractivity contribution is 5.14. The number of piperidine rings is 1. The Balaban J connectivity index is 1.89. The third-order valence-corrected chi connectivity index (χ3v) is 3.67. The van der Waals surface area contributed by atoms with Crippen LogP contribution in [0.15, 0.2) is 30.3 Å². The maximum absolute atomic E-state index is 8.76. The molecule has 1 aromatic rings. The number of nitrogens with zero attached hydrogens (tertiary/aromatic N) is 3. The standard InChI is InChI=1S/C15H21N3/c1-17(11-9-16)15-8-5-10-18(13-15)12-14-6-3-2-4-7-14/h2-4,6-7,15H,5,8,10-13H2,1H3. The summed E-state index contributed by atoms with van der Waals surface area (Å²) in [4.78, 5) is 4.68. The van der Waals surface area contributed by atoms with Crippen LogP contribution >= 0.6 is 0 Å². The van der Waals surface area contributed by atoms with Gasteiger partial charge < -0.3 is 0 Å². The van der Waals surface area contributed by atoms with Crippen molar-refractivity contribution in [2.45, 2.75) is 25.4 Å². The summed E-state index contributed by atoms with van der Waals surface area (Å²) in [5.74, 6) is 0. The molecule has 1 aliphatic heterocycles. The van der Waals surface area contributed by atoms with Gasteiger partial charge in [-0.2, -0.15) is 5.26 Å². The summed E-state index contributed by atoms with van der Waals surface area (Å²) < 4.78 is 0. The summed E-state index contributed by atoms with van der Waals surface area (Å²) in [6, 6.07) is 13.4. The maximum Gasteiger partial charge on any atom is 0.0866 e. The predicted octanol–water partition coefficient (Wildman–Crippen LogP) is 2.11. The Morgan fingerprint density at radius 3 is 2.89 bits per heavy atom. The molecule has 1 atom stereocenters. The monoisotopic (exact) mass is 243 g/mol. The summed E-state index contributed by atoms with van der Waals surface area (Å²) >= 11 is 0. The fourth-order valence-electron chi connectivity index (χ4n) is 2.62. The second kappa shape index (κ2) is 6.53. The highest BCUT2D eigenvalue weighted by Gasteiger charge is 2.22. The first-order chi connectivity index (χ1) is 8.79. The minimum atomic E-state index is 0.530. The molecule has 2 rings (SSSR count). The normalized spacial score (nSPS) is 20.8. The van der Waals surface area contributed by atoms with Crippen molar-refractivity contribution in [2.24, 2.45) is 0 Å². The molecule has 0 N–H and O–H groups in total. The van der Waals surface area contributed by atoms with Gasteiger partial charge in [0.05, 0.1) is 12.6 Å². The first kappa shape index (κ1) is 13.1. The molecular formula is C15H21N3. The lowest BCUT2D eigenvalue weighted by Crippen LogP contribution is -2.46. The smallest absolute Gasteiger partial charge is 0.0866 e. The van der Waals surface area contributed by atoms with Crippen LogP contribution in [-0.2, 0) is 6.54 Å². The summed E-state index contributed by atoms with van der Waals surface area (Å²) in [6.45, 7) is 3.81. The number of likely N-dealkylation sites (N-methyl/N-ethyl adjacent to an activating group) is 1. The lowest BCUT2D eigenvalue weighted by Gasteiger charge is -2.36. The molecule has 0 spiro atoms. The van der Waals surface area contributed by atoms with Gasteiger partial charge in [-0.25, -0.2) is 0 Å². The number of rotatable bonds is 4. The van der Waals surface area contributed by atoms with Crippen molar-refractivity contribution < 1.29 is 0 Å². The zero-order valence-electron chi connectivity index (χ0n) is 11.0. The Bertz CT molecular complexity index is 396. The van der Waals surface area contributed by atoms with Crippen molar-refractivity contribution >= 4 is 0 Å². The van der Waals surface area contributed by atoms with Crippen LogP contribution < -0.4 is 0 Å². The molecule has 0 saturated carbocycles. The van der Waals surface area contributed by atoms with Gasteiger partial charge in [0.2, 0.25) is 0 Å². The van der Waals surface area contributed by atoms with Crippen molar-refractivity contribution in [1.82, 2.24) is 9.80 Å². The molecule has 0 amide bonds. The molecule has 18 heavy (non-hydrogen) atoms. The Labute approximate surface area is 110 Å². The molecule has 0 bridgehead atoms. The number of benzene rings is 1. The van der Waals surface area contributed by atoms with Crippen LogP contribution in [0.2, 0.25) is 0 Å². The van der Waals surface area contributed by atoms with E-state index in [0.717, 1.165) is 13.1 Å². The number of likely N-dealkylation sites (tertiary alicyclic amines) is 1. The van der Waals surface area contributed by atoms with Crippen molar-refractivity contribution in [3.63, 3.8) is 0 Å². The fraction of sp³-hybridized carbons (Fsp3) is 0.533. The van der Waals surface area contributed by atoms with Gasteiger partial charge >= 0.3 is 0 Å². The number of hydrogen-bond donors (Lipinski definition) is 0. The van der Waals surface area contributed by atoms with Crippen LogP contribution in [0.5, 0.6) is 0 Å². The van der Waals surface area contributed by atoms with E-state index in [-0.39, 0.29) is 0 Å². The van der Waals surface area contributed by atoms with E-state index in [4.69, 9.17) is 5.26 Å². The van der Waals surface area contributed by atoms with E-state index in [2.05, 4.69) is 53.2 Å². The Hall–Kier alpha value is -1.37. The van der Waals surface area contributed by atoms with Gasteiger partial charge in [0, 0.05) is 19.1 Å². The molecule has 0 aromatic heterocycles. The van der Waals surface area contributed by atoms with Gasteiger partial charge in [-0.15, -0.1) is 0 Å². The van der Waals surface area contributed by atoms with E-state index in [1.54, 1.807) is 0 Å². The number of hydrogen-bond acceptors (Lipinski definition) is 3. The number of nitriles is 1. The van der Waals surface area contributed by atoms with E-state index in [1.165, 1.54) is 24.9 Å². The van der Waals surface area contributed by atoms with E-state index < -0.39 is 0 Å². The summed E-state index contributed by atoms with van der Waals surface area (Å²) in [7, 11) is 2.06. The van der Waals surface area contributed by atoms with Gasteiger partial charge in [0.1, 0.15) is 0 Å². The van der Waals surface area contributed by atoms with Gasteiger partial charge in [0.15, 0.2) is 0 Å². The molecule has 0 aliphatic carbocycles. The molecule has 1 aliphatic rings. The molecular weight excluding hydrogens is 222 g/mol. The largest absolute Gasteiger partial charge is 0.298 e. The summed E-state index contributed by atoms with van der Waals surface area (Å²) in [6.07, 6.45) is 2.44. The molecule has 0 radical (unpaired) electrons. The van der Waals surface area contributed by atoms with E-state index in [1.807, 2.05) is 0 Å². The quantitative estimate of drug-likeness (QED) is 0.759. The molecule has 1 unspecified atom stereocenters. The van der Waals surface area contributed by atoms with Crippen molar-refractivity contribution in [2.75, 3.05) is 26.7 Å². The van der Waals surface area contributed by atoms with Crippen LogP contribution in [0, 0.1) is 11.3 Å². The van der Waals surface area contributed by atoms with Crippen molar-refractivity contribution in [3.8, 4) is 6.07 Å². The zero-order chi connectivity index (χ0) is 12.8. The molecule has 1 heterocycles. The fourth-order valence-corrected chi connectivity index (χ4v) is 2.62. The van der Waals surface area contributed by atoms with Crippen molar-refractivity contribution in [3.05, 3.63) is 35.9 Å². The first-order valence-corrected chi connectivity index (χ1v) is 6.63. The van der Waals surface area contributed by atoms with Crippen LogP contribution in [-0.4, -0.2) is 42.5 Å². The Kier molecular flexibility index (Phi) is 4.74. The van der Waals surface area contributed by atoms with Crippen LogP contribution in [0.3, 0.4) is 0 Å². The summed E-state index contributed by atoms with van der Waals surface area (Å²) in [5.41, 5.74) is 1.38. The van der Waals surface area contributed by atoms with E-state index in [0.29, 0.717) is 12.6 Å². The van der Waals surface area contributed by atoms with Crippen LogP contribution in [0.1, 0.15) is 18.4 Å². The third kappa shape index (κ3) is 3.56. The second-order valence-corrected chi connectivity index (χ2v) is 5.09. The maximum atomic E-state index is 8.76. The van der Waals surface area contributed by atoms with Gasteiger partial charge in [0.25, 0.3) is 0 Å². The highest BCUT2D eigenvalue weighted by Crippen LogP contribution is 2.16. The average Bonchev–Trinajstić information content (AvgIpc) is 2.40. The molecule has 96 valence electrons. The minimum absolute atomic E-state index is 0.530. The van der Waals surface area contributed by atoms with Crippen LogP contribution in [0.4, 0.5) is 0 Å². The lowest BCUT2D eigenvalue weighted by atomic mass is 10.0. The van der Waals surface area contributed by atoms with Gasteiger partial charge in [-0.1, -0.05) is 30.3 Å². The summed E-state index contributed by atoms with van der Waals surface area (Å²) in [5, 5.41) is 8.76. The first-order valence-electron chi connectivity index (χ1n) is 6.63. The lowest BCUT2D eigenvalue weighted by molar-refractivity contribution is 0.120. The van der Waals surface area contributed by atoms with Crippen LogP contribution in [0.25, 0.3) is 0 Å².